The normalized spacial score (nSPS) is 17.4. The summed E-state index contributed by atoms with van der Waals surface area (Å²) in [7, 11) is 0. The van der Waals surface area contributed by atoms with Gasteiger partial charge in [0.05, 0.1) is 0 Å². The third-order valence-corrected chi connectivity index (χ3v) is 7.15. The number of aromatic hydroxyl groups is 1. The maximum absolute atomic E-state index is 14.3. The van der Waals surface area contributed by atoms with Crippen molar-refractivity contribution < 1.29 is 29.0 Å². The van der Waals surface area contributed by atoms with E-state index in [9.17, 15) is 19.5 Å². The van der Waals surface area contributed by atoms with Crippen LogP contribution in [0.4, 0.5) is 11.4 Å². The molecule has 1 fully saturated rings. The van der Waals surface area contributed by atoms with Crippen LogP contribution in [0.25, 0.3) is 0 Å². The third kappa shape index (κ3) is 6.20. The maximum Gasteiger partial charge on any atom is 0.272 e. The zero-order valence-corrected chi connectivity index (χ0v) is 22.3. The van der Waals surface area contributed by atoms with Gasteiger partial charge >= 0.3 is 0 Å². The highest BCUT2D eigenvalue weighted by Gasteiger charge is 2.39. The largest absolute Gasteiger partial charge is 0.508 e. The lowest BCUT2D eigenvalue weighted by Gasteiger charge is -2.36. The highest BCUT2D eigenvalue weighted by Crippen LogP contribution is 2.35. The Kier molecular flexibility index (Phi) is 8.19. The van der Waals surface area contributed by atoms with Gasteiger partial charge in [0.15, 0.2) is 11.5 Å². The van der Waals surface area contributed by atoms with Gasteiger partial charge in [-0.15, -0.1) is 0 Å². The zero-order chi connectivity index (χ0) is 28.1. The van der Waals surface area contributed by atoms with Gasteiger partial charge in [-0.3, -0.25) is 19.3 Å². The first-order valence-electron chi connectivity index (χ1n) is 13.6. The molecule has 9 heteroatoms. The SMILES string of the molecule is CC(=O)Nc1ccc(N(C(=O)C2COc3ccccc3O2)C(C(=O)NC2CCCCC2)c2ccc(O)cc2)cc1. The molecule has 5 rings (SSSR count). The highest BCUT2D eigenvalue weighted by atomic mass is 16.6. The number of benzene rings is 3. The first-order chi connectivity index (χ1) is 19.4. The molecule has 3 aromatic rings. The number of fused-ring (bicyclic) bond motifs is 1. The van der Waals surface area contributed by atoms with Gasteiger partial charge in [-0.2, -0.15) is 0 Å². The van der Waals surface area contributed by atoms with Gasteiger partial charge in [0.2, 0.25) is 17.9 Å². The summed E-state index contributed by atoms with van der Waals surface area (Å²) in [6, 6.07) is 19.1. The lowest BCUT2D eigenvalue weighted by Crippen LogP contribution is -2.52. The summed E-state index contributed by atoms with van der Waals surface area (Å²) in [5.41, 5.74) is 1.53. The molecule has 1 saturated carbocycles. The summed E-state index contributed by atoms with van der Waals surface area (Å²) < 4.78 is 11.9. The predicted molar refractivity (Wildman–Crippen MR) is 150 cm³/mol. The van der Waals surface area contributed by atoms with Crippen LogP contribution in [0.3, 0.4) is 0 Å². The first-order valence-corrected chi connectivity index (χ1v) is 13.6. The number of nitrogens with one attached hydrogen (secondary N) is 2. The van der Waals surface area contributed by atoms with Crippen LogP contribution in [0.5, 0.6) is 17.2 Å². The quantitative estimate of drug-likeness (QED) is 0.397. The molecule has 9 nitrogen and oxygen atoms in total. The average Bonchev–Trinajstić information content (AvgIpc) is 2.96. The van der Waals surface area contributed by atoms with Gasteiger partial charge in [-0.25, -0.2) is 0 Å². The second-order valence-electron chi connectivity index (χ2n) is 10.1. The number of rotatable bonds is 7. The molecule has 0 saturated heterocycles. The maximum atomic E-state index is 14.3. The molecule has 0 radical (unpaired) electrons. The Morgan fingerprint density at radius 3 is 2.25 bits per heavy atom. The summed E-state index contributed by atoms with van der Waals surface area (Å²) in [6.45, 7) is 1.39. The van der Waals surface area contributed by atoms with Crippen molar-refractivity contribution in [2.75, 3.05) is 16.8 Å². The minimum atomic E-state index is -1.05. The number of nitrogens with zero attached hydrogens (tertiary/aromatic N) is 1. The topological polar surface area (TPSA) is 117 Å². The number of para-hydroxylation sites is 2. The number of ether oxygens (including phenoxy) is 2. The number of carbonyl (C=O) groups excluding carboxylic acids is 3. The Bertz CT molecular complexity index is 1350. The van der Waals surface area contributed by atoms with Crippen LogP contribution >= 0.6 is 0 Å². The van der Waals surface area contributed by atoms with E-state index < -0.39 is 18.1 Å². The molecule has 40 heavy (non-hydrogen) atoms. The van der Waals surface area contributed by atoms with E-state index in [0.717, 1.165) is 32.1 Å². The van der Waals surface area contributed by atoms with Gasteiger partial charge in [0.25, 0.3) is 5.91 Å². The van der Waals surface area contributed by atoms with Gasteiger partial charge in [-0.1, -0.05) is 43.5 Å². The molecule has 208 valence electrons. The smallest absolute Gasteiger partial charge is 0.272 e. The average molecular weight is 544 g/mol. The van der Waals surface area contributed by atoms with E-state index in [1.165, 1.54) is 24.0 Å². The molecule has 1 heterocycles. The van der Waals surface area contributed by atoms with Crippen LogP contribution in [0.1, 0.15) is 50.6 Å². The lowest BCUT2D eigenvalue weighted by molar-refractivity contribution is -0.132. The molecular weight excluding hydrogens is 510 g/mol. The lowest BCUT2D eigenvalue weighted by atomic mass is 9.94. The molecule has 1 aliphatic carbocycles. The molecule has 0 bridgehead atoms. The highest BCUT2D eigenvalue weighted by molar-refractivity contribution is 6.04. The summed E-state index contributed by atoms with van der Waals surface area (Å²) in [4.78, 5) is 41.3. The van der Waals surface area contributed by atoms with E-state index >= 15 is 0 Å². The Labute approximate surface area is 233 Å². The fraction of sp³-hybridized carbons (Fsp3) is 0.323. The molecule has 2 unspecified atom stereocenters. The predicted octanol–water partition coefficient (Wildman–Crippen LogP) is 4.71. The molecular formula is C31H33N3O6. The van der Waals surface area contributed by atoms with E-state index in [1.807, 2.05) is 6.07 Å². The van der Waals surface area contributed by atoms with Crippen molar-refractivity contribution >= 4 is 29.1 Å². The summed E-state index contributed by atoms with van der Waals surface area (Å²) in [5.74, 6) is 0.0331. The van der Waals surface area contributed by atoms with Gasteiger partial charge in [-0.05, 0) is 66.9 Å². The van der Waals surface area contributed by atoms with Crippen molar-refractivity contribution in [3.8, 4) is 17.2 Å². The van der Waals surface area contributed by atoms with Crippen LogP contribution < -0.4 is 25.0 Å². The van der Waals surface area contributed by atoms with Crippen molar-refractivity contribution in [3.05, 3.63) is 78.4 Å². The van der Waals surface area contributed by atoms with Crippen molar-refractivity contribution in [1.29, 1.82) is 0 Å². The summed E-state index contributed by atoms with van der Waals surface area (Å²) in [5, 5.41) is 15.8. The second kappa shape index (κ2) is 12.1. The molecule has 3 N–H and O–H groups in total. The minimum absolute atomic E-state index is 0.0149. The summed E-state index contributed by atoms with van der Waals surface area (Å²) in [6.07, 6.45) is 3.96. The van der Waals surface area contributed by atoms with Gasteiger partial charge < -0.3 is 25.2 Å². The number of amides is 3. The van der Waals surface area contributed by atoms with E-state index in [2.05, 4.69) is 10.6 Å². The molecule has 3 amide bonds. The molecule has 1 aliphatic heterocycles. The van der Waals surface area contributed by atoms with E-state index in [1.54, 1.807) is 54.6 Å². The number of hydrogen-bond acceptors (Lipinski definition) is 6. The fourth-order valence-corrected chi connectivity index (χ4v) is 5.21. The Hall–Kier alpha value is -4.53. The minimum Gasteiger partial charge on any atom is -0.508 e. The zero-order valence-electron chi connectivity index (χ0n) is 22.3. The van der Waals surface area contributed by atoms with E-state index in [-0.39, 0.29) is 30.2 Å². The van der Waals surface area contributed by atoms with Crippen molar-refractivity contribution in [2.24, 2.45) is 0 Å². The van der Waals surface area contributed by atoms with E-state index in [4.69, 9.17) is 9.47 Å². The summed E-state index contributed by atoms with van der Waals surface area (Å²) >= 11 is 0. The van der Waals surface area contributed by atoms with Crippen LogP contribution in [0.2, 0.25) is 0 Å². The number of hydrogen-bond donors (Lipinski definition) is 3. The van der Waals surface area contributed by atoms with Crippen LogP contribution in [0, 0.1) is 0 Å². The molecule has 2 aliphatic rings. The standard InChI is InChI=1S/C31H33N3O6/c1-20(35)32-23-13-15-24(16-14-23)34(31(38)28-19-39-26-9-5-6-10-27(26)40-28)29(21-11-17-25(36)18-12-21)30(37)33-22-7-3-2-4-8-22/h5-6,9-18,22,28-29,36H,2-4,7-8,19H2,1H3,(H,32,35)(H,33,37). The van der Waals surface area contributed by atoms with Crippen LogP contribution in [0.15, 0.2) is 72.8 Å². The number of phenols is 1. The molecule has 2 atom stereocenters. The third-order valence-electron chi connectivity index (χ3n) is 7.15. The Morgan fingerprint density at radius 1 is 0.900 bits per heavy atom. The van der Waals surface area contributed by atoms with Gasteiger partial charge in [0.1, 0.15) is 18.4 Å². The van der Waals surface area contributed by atoms with Gasteiger partial charge in [0, 0.05) is 24.3 Å². The van der Waals surface area contributed by atoms with Crippen molar-refractivity contribution in [2.45, 2.75) is 57.2 Å². The van der Waals surface area contributed by atoms with Crippen LogP contribution in [-0.4, -0.2) is 41.6 Å². The fourth-order valence-electron chi connectivity index (χ4n) is 5.21. The monoisotopic (exact) mass is 543 g/mol. The Morgan fingerprint density at radius 2 is 1.57 bits per heavy atom. The van der Waals surface area contributed by atoms with Crippen molar-refractivity contribution in [1.82, 2.24) is 5.32 Å². The number of phenolic OH excluding ortho intramolecular Hbond substituents is 1. The molecule has 0 spiro atoms. The molecule has 0 aromatic heterocycles. The first kappa shape index (κ1) is 27.1. The number of carbonyl (C=O) groups is 3. The van der Waals surface area contributed by atoms with Crippen LogP contribution in [-0.2, 0) is 14.4 Å². The number of anilines is 2. The van der Waals surface area contributed by atoms with E-state index in [0.29, 0.717) is 28.4 Å². The van der Waals surface area contributed by atoms with Crippen molar-refractivity contribution in [3.63, 3.8) is 0 Å². The Balaban J connectivity index is 1.54. The second-order valence-corrected chi connectivity index (χ2v) is 10.1. The molecule has 3 aromatic carbocycles.